The molecule has 3 aliphatic rings. The second-order valence-corrected chi connectivity index (χ2v) is 12.7. The third-order valence-corrected chi connectivity index (χ3v) is 10.2. The van der Waals surface area contributed by atoms with Crippen LogP contribution < -0.4 is 10.2 Å². The number of hydrogen-bond acceptors (Lipinski definition) is 8. The molecule has 216 valence electrons. The predicted octanol–water partition coefficient (Wildman–Crippen LogP) is 2.60. The lowest BCUT2D eigenvalue weighted by Gasteiger charge is -2.55. The first kappa shape index (κ1) is 27.5. The average molecular weight is 590 g/mol. The van der Waals surface area contributed by atoms with Crippen molar-refractivity contribution in [3.05, 3.63) is 99.6 Å². The van der Waals surface area contributed by atoms with Crippen molar-refractivity contribution in [3.63, 3.8) is 0 Å². The lowest BCUT2D eigenvalue weighted by molar-refractivity contribution is -0.384. The van der Waals surface area contributed by atoms with Crippen LogP contribution in [-0.4, -0.2) is 66.1 Å². The van der Waals surface area contributed by atoms with Gasteiger partial charge < -0.3 is 4.90 Å². The SMILES string of the molecule is Cc1ccc(S(=O)(=O)N2CCN3c4ccc([N+](=O)[O-])cc4C[C@]4(C(=O)NC(=O)N(Cc5ccccc5)C4=O)[C@@H]3C2)cc1. The Morgan fingerprint density at radius 2 is 1.71 bits per heavy atom. The van der Waals surface area contributed by atoms with Gasteiger partial charge in [0.1, 0.15) is 0 Å². The Morgan fingerprint density at radius 3 is 2.40 bits per heavy atom. The van der Waals surface area contributed by atoms with Gasteiger partial charge in [-0.25, -0.2) is 13.2 Å². The van der Waals surface area contributed by atoms with E-state index < -0.39 is 44.2 Å². The molecule has 0 unspecified atom stereocenters. The number of hydrogen-bond donors (Lipinski definition) is 1. The van der Waals surface area contributed by atoms with E-state index in [1.807, 2.05) is 6.92 Å². The molecule has 0 saturated carbocycles. The summed E-state index contributed by atoms with van der Waals surface area (Å²) in [6, 6.07) is 17.6. The highest BCUT2D eigenvalue weighted by Crippen LogP contribution is 2.47. The van der Waals surface area contributed by atoms with Gasteiger partial charge in [-0.05, 0) is 36.2 Å². The summed E-state index contributed by atoms with van der Waals surface area (Å²) in [6.07, 6.45) is -0.243. The van der Waals surface area contributed by atoms with Gasteiger partial charge in [-0.1, -0.05) is 48.0 Å². The molecule has 3 aromatic rings. The number of benzene rings is 3. The van der Waals surface area contributed by atoms with E-state index in [-0.39, 0.29) is 43.2 Å². The number of carbonyl (C=O) groups excluding carboxylic acids is 3. The second kappa shape index (κ2) is 10.0. The summed E-state index contributed by atoms with van der Waals surface area (Å²) >= 11 is 0. The number of sulfonamides is 1. The van der Waals surface area contributed by atoms with Gasteiger partial charge in [-0.15, -0.1) is 0 Å². The first-order chi connectivity index (χ1) is 20.0. The number of nitrogens with one attached hydrogen (secondary N) is 1. The lowest BCUT2D eigenvalue weighted by atomic mass is 9.67. The topological polar surface area (TPSA) is 150 Å². The van der Waals surface area contributed by atoms with E-state index >= 15 is 0 Å². The number of aryl methyl sites for hydroxylation is 1. The van der Waals surface area contributed by atoms with Gasteiger partial charge in [0.25, 0.3) is 5.69 Å². The molecule has 2 fully saturated rings. The first-order valence-corrected chi connectivity index (χ1v) is 14.8. The maximum atomic E-state index is 14.4. The number of fused-ring (bicyclic) bond motifs is 4. The maximum absolute atomic E-state index is 14.4. The Morgan fingerprint density at radius 1 is 1.00 bits per heavy atom. The Hall–Kier alpha value is -4.62. The smallest absolute Gasteiger partial charge is 0.331 e. The molecule has 2 atom stereocenters. The molecule has 3 heterocycles. The number of nitro benzene ring substituents is 1. The Labute approximate surface area is 241 Å². The van der Waals surface area contributed by atoms with E-state index in [2.05, 4.69) is 5.32 Å². The van der Waals surface area contributed by atoms with Gasteiger partial charge in [0.2, 0.25) is 21.8 Å². The van der Waals surface area contributed by atoms with Crippen molar-refractivity contribution >= 4 is 39.2 Å². The second-order valence-electron chi connectivity index (χ2n) is 10.7. The molecule has 13 heteroatoms. The number of non-ortho nitro benzene ring substituents is 1. The van der Waals surface area contributed by atoms with Crippen molar-refractivity contribution in [3.8, 4) is 0 Å². The fraction of sp³-hybridized carbons (Fsp3) is 0.276. The summed E-state index contributed by atoms with van der Waals surface area (Å²) < 4.78 is 28.7. The van der Waals surface area contributed by atoms with Crippen LogP contribution in [0, 0.1) is 22.5 Å². The molecule has 0 aliphatic carbocycles. The molecule has 0 radical (unpaired) electrons. The van der Waals surface area contributed by atoms with Crippen LogP contribution >= 0.6 is 0 Å². The van der Waals surface area contributed by atoms with Gasteiger partial charge in [0, 0.05) is 43.9 Å². The minimum Gasteiger partial charge on any atom is -0.364 e. The predicted molar refractivity (Wildman–Crippen MR) is 151 cm³/mol. The van der Waals surface area contributed by atoms with Crippen LogP contribution in [0.15, 0.2) is 77.7 Å². The van der Waals surface area contributed by atoms with Crippen LogP contribution in [0.1, 0.15) is 16.7 Å². The van der Waals surface area contributed by atoms with Crippen LogP contribution in [0.4, 0.5) is 16.2 Å². The van der Waals surface area contributed by atoms with Crippen molar-refractivity contribution in [2.75, 3.05) is 24.5 Å². The zero-order chi connectivity index (χ0) is 29.8. The molecule has 1 N–H and O–H groups in total. The highest BCUT2D eigenvalue weighted by Gasteiger charge is 2.63. The normalized spacial score (nSPS) is 22.5. The fourth-order valence-electron chi connectivity index (χ4n) is 6.14. The molecule has 0 bridgehead atoms. The van der Waals surface area contributed by atoms with Gasteiger partial charge in [0.05, 0.1) is 22.4 Å². The van der Waals surface area contributed by atoms with Crippen LogP contribution in [-0.2, 0) is 32.6 Å². The number of barbiturate groups is 1. The van der Waals surface area contributed by atoms with E-state index in [9.17, 15) is 32.9 Å². The number of rotatable bonds is 5. The first-order valence-electron chi connectivity index (χ1n) is 13.3. The highest BCUT2D eigenvalue weighted by molar-refractivity contribution is 7.89. The number of nitro groups is 1. The minimum absolute atomic E-state index is 0.0572. The third-order valence-electron chi connectivity index (χ3n) is 8.30. The Balaban J connectivity index is 1.46. The van der Waals surface area contributed by atoms with E-state index in [0.29, 0.717) is 16.8 Å². The molecule has 12 nitrogen and oxygen atoms in total. The molecule has 4 amide bonds. The van der Waals surface area contributed by atoms with Crippen LogP contribution in [0.25, 0.3) is 0 Å². The molecule has 1 spiro atoms. The van der Waals surface area contributed by atoms with Crippen LogP contribution in [0.2, 0.25) is 0 Å². The zero-order valence-corrected chi connectivity index (χ0v) is 23.4. The van der Waals surface area contributed by atoms with E-state index in [1.54, 1.807) is 53.4 Å². The standard InChI is InChI=1S/C29H27N5O7S/c1-19-7-10-23(11-8-19)42(40,41)31-13-14-32-24-12-9-22(34(38)39)15-21(24)16-29(25(32)18-31)26(35)30-28(37)33(27(29)36)17-20-5-3-2-4-6-20/h2-12,15,25H,13-14,16-18H2,1H3,(H,30,35,37)/t25-,29+/m0/s1. The summed E-state index contributed by atoms with van der Waals surface area (Å²) in [5.41, 5.74) is 0.393. The lowest BCUT2D eigenvalue weighted by Crippen LogP contribution is -2.75. The Bertz CT molecular complexity index is 1730. The van der Waals surface area contributed by atoms with E-state index in [4.69, 9.17) is 0 Å². The number of imide groups is 2. The monoisotopic (exact) mass is 589 g/mol. The molecular weight excluding hydrogens is 562 g/mol. The largest absolute Gasteiger partial charge is 0.364 e. The number of urea groups is 1. The summed E-state index contributed by atoms with van der Waals surface area (Å²) in [5, 5.41) is 13.9. The molecule has 6 rings (SSSR count). The summed E-state index contributed by atoms with van der Waals surface area (Å²) in [6.45, 7) is 1.70. The molecule has 3 aliphatic heterocycles. The molecule has 0 aromatic heterocycles. The van der Waals surface area contributed by atoms with Crippen molar-refractivity contribution in [1.29, 1.82) is 0 Å². The van der Waals surface area contributed by atoms with Crippen molar-refractivity contribution in [2.24, 2.45) is 5.41 Å². The van der Waals surface area contributed by atoms with Crippen molar-refractivity contribution < 1.29 is 27.7 Å². The third kappa shape index (κ3) is 4.32. The molecule has 42 heavy (non-hydrogen) atoms. The molecular formula is C29H27N5O7S. The average Bonchev–Trinajstić information content (AvgIpc) is 2.98. The number of carbonyl (C=O) groups is 3. The number of nitrogens with zero attached hydrogens (tertiary/aromatic N) is 4. The van der Waals surface area contributed by atoms with E-state index in [0.717, 1.165) is 10.5 Å². The zero-order valence-electron chi connectivity index (χ0n) is 22.6. The van der Waals surface area contributed by atoms with Crippen molar-refractivity contribution in [2.45, 2.75) is 30.8 Å². The van der Waals surface area contributed by atoms with E-state index in [1.165, 1.54) is 28.6 Å². The van der Waals surface area contributed by atoms with Gasteiger partial charge >= 0.3 is 6.03 Å². The quantitative estimate of drug-likeness (QED) is 0.271. The summed E-state index contributed by atoms with van der Waals surface area (Å²) in [5.74, 6) is -1.63. The van der Waals surface area contributed by atoms with Gasteiger partial charge in [-0.2, -0.15) is 4.31 Å². The number of anilines is 1. The minimum atomic E-state index is -3.99. The van der Waals surface area contributed by atoms with Gasteiger partial charge in [-0.3, -0.25) is 29.9 Å². The van der Waals surface area contributed by atoms with Crippen LogP contribution in [0.3, 0.4) is 0 Å². The fourth-order valence-corrected chi connectivity index (χ4v) is 7.57. The Kier molecular flexibility index (Phi) is 6.58. The van der Waals surface area contributed by atoms with Crippen LogP contribution in [0.5, 0.6) is 0 Å². The van der Waals surface area contributed by atoms with Gasteiger partial charge in [0.15, 0.2) is 5.41 Å². The number of amides is 4. The highest BCUT2D eigenvalue weighted by atomic mass is 32.2. The number of piperazine rings is 1. The molecule has 3 aromatic carbocycles. The molecule has 2 saturated heterocycles. The summed E-state index contributed by atoms with van der Waals surface area (Å²) in [4.78, 5) is 55.1. The van der Waals surface area contributed by atoms with Crippen molar-refractivity contribution in [1.82, 2.24) is 14.5 Å². The maximum Gasteiger partial charge on any atom is 0.331 e. The summed E-state index contributed by atoms with van der Waals surface area (Å²) in [7, 11) is -3.99.